The number of aryl methyl sites for hydroxylation is 2. The van der Waals surface area contributed by atoms with Gasteiger partial charge in [-0.2, -0.15) is 0 Å². The second-order valence-corrected chi connectivity index (χ2v) is 11.8. The lowest BCUT2D eigenvalue weighted by atomic mass is 9.83. The van der Waals surface area contributed by atoms with E-state index in [1.807, 2.05) is 123 Å². The van der Waals surface area contributed by atoms with Crippen LogP contribution in [-0.2, 0) is 0 Å². The first-order valence-corrected chi connectivity index (χ1v) is 15.5. The Bertz CT molecular complexity index is 2210. The van der Waals surface area contributed by atoms with E-state index in [0.29, 0.717) is 39.5 Å². The average Bonchev–Trinajstić information content (AvgIpc) is 3.63. The van der Waals surface area contributed by atoms with Crippen LogP contribution in [-0.4, -0.2) is 24.5 Å². The van der Waals surface area contributed by atoms with E-state index in [-0.39, 0.29) is 16.8 Å². The molecule has 5 aromatic carbocycles. The summed E-state index contributed by atoms with van der Waals surface area (Å²) in [6.45, 7) is 3.95. The number of nitro benzene ring substituents is 1. The summed E-state index contributed by atoms with van der Waals surface area (Å²) >= 11 is 0. The average molecular weight is 634 g/mol. The van der Waals surface area contributed by atoms with Crippen LogP contribution in [0.2, 0.25) is 0 Å². The van der Waals surface area contributed by atoms with Gasteiger partial charge in [0.05, 0.1) is 38.8 Å². The molecule has 0 aliphatic carbocycles. The van der Waals surface area contributed by atoms with Crippen molar-refractivity contribution in [2.75, 3.05) is 0 Å². The molecule has 236 valence electrons. The first kappa shape index (κ1) is 30.2. The number of hydrogen-bond donors (Lipinski definition) is 2. The monoisotopic (exact) mass is 633 g/mol. The smallest absolute Gasteiger partial charge is 0.276 e. The molecule has 2 N–H and O–H groups in total. The lowest BCUT2D eigenvalue weighted by Gasteiger charge is -2.18. The number of hydrogen-bond acceptors (Lipinski definition) is 4. The predicted molar refractivity (Wildman–Crippen MR) is 187 cm³/mol. The van der Waals surface area contributed by atoms with Crippen molar-refractivity contribution >= 4 is 5.69 Å². The van der Waals surface area contributed by atoms with Crippen LogP contribution < -0.4 is 11.1 Å². The molecule has 0 bridgehead atoms. The Kier molecular flexibility index (Phi) is 7.78. The van der Waals surface area contributed by atoms with E-state index < -0.39 is 10.8 Å². The molecule has 0 saturated heterocycles. The number of nitro groups is 1. The Labute approximate surface area is 275 Å². The molecule has 0 aliphatic rings. The molecule has 7 aromatic rings. The Morgan fingerprint density at radius 2 is 0.958 bits per heavy atom. The lowest BCUT2D eigenvalue weighted by molar-refractivity contribution is -0.384. The van der Waals surface area contributed by atoms with E-state index in [1.165, 1.54) is 21.5 Å². The van der Waals surface area contributed by atoms with E-state index in [1.54, 1.807) is 12.1 Å². The van der Waals surface area contributed by atoms with Crippen LogP contribution in [0, 0.1) is 24.0 Å². The lowest BCUT2D eigenvalue weighted by Crippen LogP contribution is -2.25. The third-order valence-electron chi connectivity index (χ3n) is 8.58. The van der Waals surface area contributed by atoms with Gasteiger partial charge in [0.15, 0.2) is 0 Å². The van der Waals surface area contributed by atoms with Crippen LogP contribution in [0.3, 0.4) is 0 Å². The third kappa shape index (κ3) is 5.47. The topological polar surface area (TPSA) is 119 Å². The number of non-ortho nitro benzene ring substituents is 1. The number of nitrogens with one attached hydrogen (secondary N) is 2. The summed E-state index contributed by atoms with van der Waals surface area (Å²) in [6.07, 6.45) is 0. The zero-order valence-corrected chi connectivity index (χ0v) is 26.3. The van der Waals surface area contributed by atoms with Crippen LogP contribution in [0.1, 0.15) is 33.7 Å². The number of nitrogens with zero attached hydrogens (tertiary/aromatic N) is 3. The molecule has 0 unspecified atom stereocenters. The van der Waals surface area contributed by atoms with Crippen molar-refractivity contribution in [1.82, 2.24) is 19.6 Å². The summed E-state index contributed by atoms with van der Waals surface area (Å²) in [5.41, 5.74) is 6.34. The maximum Gasteiger partial charge on any atom is 0.276 e. The molecule has 2 aromatic heterocycles. The van der Waals surface area contributed by atoms with Gasteiger partial charge in [-0.25, -0.2) is 9.36 Å². The normalized spacial score (nSPS) is 11.2. The highest BCUT2D eigenvalue weighted by molar-refractivity contribution is 5.71. The number of H-pyrrole nitrogens is 2. The van der Waals surface area contributed by atoms with Crippen LogP contribution in [0.25, 0.3) is 33.9 Å². The summed E-state index contributed by atoms with van der Waals surface area (Å²) in [4.78, 5) is 40.8. The molecule has 0 spiro atoms. The molecule has 0 saturated carbocycles. The fourth-order valence-corrected chi connectivity index (χ4v) is 6.10. The second-order valence-electron chi connectivity index (χ2n) is 11.8. The zero-order chi connectivity index (χ0) is 33.4. The quantitative estimate of drug-likeness (QED) is 0.132. The molecule has 9 nitrogen and oxygen atoms in total. The molecule has 2 heterocycles. The van der Waals surface area contributed by atoms with Gasteiger partial charge in [0.25, 0.3) is 16.8 Å². The Balaban J connectivity index is 1.59. The molecule has 0 amide bonds. The summed E-state index contributed by atoms with van der Waals surface area (Å²) in [5.74, 6) is -0.929. The first-order chi connectivity index (χ1) is 23.3. The Morgan fingerprint density at radius 3 is 1.33 bits per heavy atom. The van der Waals surface area contributed by atoms with Gasteiger partial charge in [-0.3, -0.25) is 29.9 Å². The highest BCUT2D eigenvalue weighted by Gasteiger charge is 2.34. The maximum atomic E-state index is 14.8. The van der Waals surface area contributed by atoms with E-state index in [4.69, 9.17) is 0 Å². The molecular formula is C39H31N5O4. The number of aromatic nitrogens is 4. The van der Waals surface area contributed by atoms with Gasteiger partial charge in [0, 0.05) is 18.1 Å². The van der Waals surface area contributed by atoms with Crippen molar-refractivity contribution in [3.63, 3.8) is 0 Å². The molecule has 7 rings (SSSR count). The fourth-order valence-electron chi connectivity index (χ4n) is 6.10. The van der Waals surface area contributed by atoms with E-state index in [0.717, 1.165) is 22.3 Å². The van der Waals surface area contributed by atoms with Crippen molar-refractivity contribution in [3.8, 4) is 33.9 Å². The number of benzene rings is 5. The third-order valence-corrected chi connectivity index (χ3v) is 8.58. The van der Waals surface area contributed by atoms with Crippen molar-refractivity contribution < 1.29 is 4.92 Å². The van der Waals surface area contributed by atoms with Gasteiger partial charge >= 0.3 is 0 Å². The number of aromatic amines is 2. The largest absolute Gasteiger partial charge is 0.290 e. The second kappa shape index (κ2) is 12.4. The van der Waals surface area contributed by atoms with Crippen molar-refractivity contribution in [2.45, 2.75) is 19.8 Å². The Morgan fingerprint density at radius 1 is 0.562 bits per heavy atom. The van der Waals surface area contributed by atoms with Gasteiger partial charge in [0.2, 0.25) is 0 Å². The summed E-state index contributed by atoms with van der Waals surface area (Å²) in [5, 5.41) is 18.4. The minimum Gasteiger partial charge on any atom is -0.290 e. The summed E-state index contributed by atoms with van der Waals surface area (Å²) in [6, 6.07) is 40.2. The minimum absolute atomic E-state index is 0.0960. The molecule has 48 heavy (non-hydrogen) atoms. The van der Waals surface area contributed by atoms with Gasteiger partial charge in [-0.15, -0.1) is 0 Å². The molecule has 9 heteroatoms. The van der Waals surface area contributed by atoms with Crippen molar-refractivity contribution in [1.29, 1.82) is 0 Å². The van der Waals surface area contributed by atoms with Crippen LogP contribution in [0.5, 0.6) is 0 Å². The maximum absolute atomic E-state index is 14.8. The summed E-state index contributed by atoms with van der Waals surface area (Å²) < 4.78 is 2.98. The molecular weight excluding hydrogens is 602 g/mol. The van der Waals surface area contributed by atoms with E-state index in [9.17, 15) is 19.7 Å². The summed E-state index contributed by atoms with van der Waals surface area (Å²) in [7, 11) is 0. The number of rotatable bonds is 8. The van der Waals surface area contributed by atoms with Crippen molar-refractivity contribution in [3.05, 3.63) is 192 Å². The SMILES string of the molecule is Cc1ccc(-n2[nH]c(-c3ccccc3)c(C(c3ccc([N+](=O)[O-])cc3)c3c(-c4ccccc4)[nH]n(-c4ccc(C)cc4)c3=O)c2=O)cc1. The molecule has 0 atom stereocenters. The minimum atomic E-state index is -0.929. The molecule has 0 fully saturated rings. The van der Waals surface area contributed by atoms with Crippen LogP contribution >= 0.6 is 0 Å². The molecule has 0 radical (unpaired) electrons. The van der Waals surface area contributed by atoms with E-state index in [2.05, 4.69) is 10.2 Å². The van der Waals surface area contributed by atoms with Crippen LogP contribution in [0.15, 0.2) is 143 Å². The predicted octanol–water partition coefficient (Wildman–Crippen LogP) is 7.68. The first-order valence-electron chi connectivity index (χ1n) is 15.5. The van der Waals surface area contributed by atoms with Crippen LogP contribution in [0.4, 0.5) is 5.69 Å². The van der Waals surface area contributed by atoms with Crippen molar-refractivity contribution in [2.24, 2.45) is 0 Å². The standard InChI is InChI=1S/C39H31N5O4/c1-25-13-19-30(20-14-25)42-38(45)34(36(40-42)28-9-5-3-6-10-28)33(27-17-23-32(24-18-27)44(47)48)35-37(29-11-7-4-8-12-29)41-43(39(35)46)31-21-15-26(2)16-22-31/h3-24,33,40-41H,1-2H3. The molecule has 0 aliphatic heterocycles. The van der Waals surface area contributed by atoms with Gasteiger partial charge in [-0.05, 0) is 54.8 Å². The van der Waals surface area contributed by atoms with Gasteiger partial charge < -0.3 is 0 Å². The highest BCUT2D eigenvalue weighted by atomic mass is 16.6. The zero-order valence-electron chi connectivity index (χ0n) is 26.3. The van der Waals surface area contributed by atoms with Gasteiger partial charge in [0.1, 0.15) is 0 Å². The Hall–Kier alpha value is -6.48. The fraction of sp³-hybridized carbons (Fsp3) is 0.0769. The van der Waals surface area contributed by atoms with Gasteiger partial charge in [-0.1, -0.05) is 108 Å². The highest BCUT2D eigenvalue weighted by Crippen LogP contribution is 2.39. The van der Waals surface area contributed by atoms with E-state index >= 15 is 0 Å².